The molecule has 2 amide bonds. The third kappa shape index (κ3) is 4.12. The highest BCUT2D eigenvalue weighted by Gasteiger charge is 2.14. The van der Waals surface area contributed by atoms with Gasteiger partial charge >= 0.3 is 6.03 Å². The molecular formula is C9H19N3O. The van der Waals surface area contributed by atoms with E-state index < -0.39 is 0 Å². The van der Waals surface area contributed by atoms with E-state index in [-0.39, 0.29) is 6.03 Å². The normalized spacial score (nSPS) is 22.4. The maximum atomic E-state index is 11.2. The lowest BCUT2D eigenvalue weighted by Gasteiger charge is -2.23. The van der Waals surface area contributed by atoms with Crippen molar-refractivity contribution in [2.24, 2.45) is 0 Å². The van der Waals surface area contributed by atoms with Gasteiger partial charge in [0.05, 0.1) is 0 Å². The molecular weight excluding hydrogens is 166 g/mol. The molecule has 1 aliphatic heterocycles. The van der Waals surface area contributed by atoms with E-state index in [2.05, 4.69) is 16.0 Å². The van der Waals surface area contributed by atoms with E-state index >= 15 is 0 Å². The van der Waals surface area contributed by atoms with E-state index in [4.69, 9.17) is 0 Å². The Labute approximate surface area is 79.5 Å². The Balaban J connectivity index is 2.11. The van der Waals surface area contributed by atoms with Crippen LogP contribution in [0.4, 0.5) is 4.79 Å². The molecule has 1 atom stereocenters. The van der Waals surface area contributed by atoms with Crippen molar-refractivity contribution in [3.05, 3.63) is 0 Å². The first-order valence-corrected chi connectivity index (χ1v) is 5.08. The lowest BCUT2D eigenvalue weighted by molar-refractivity contribution is 0.234. The molecule has 1 unspecified atom stereocenters. The van der Waals surface area contributed by atoms with Crippen LogP contribution in [0, 0.1) is 0 Å². The van der Waals surface area contributed by atoms with Gasteiger partial charge in [-0.1, -0.05) is 6.92 Å². The molecule has 4 nitrogen and oxygen atoms in total. The summed E-state index contributed by atoms with van der Waals surface area (Å²) in [6.07, 6.45) is 3.22. The molecule has 0 bridgehead atoms. The summed E-state index contributed by atoms with van der Waals surface area (Å²) in [4.78, 5) is 11.2. The lowest BCUT2D eigenvalue weighted by Crippen LogP contribution is -2.49. The van der Waals surface area contributed by atoms with Gasteiger partial charge in [-0.05, 0) is 25.8 Å². The number of carbonyl (C=O) groups is 1. The van der Waals surface area contributed by atoms with Gasteiger partial charge in [0.1, 0.15) is 0 Å². The van der Waals surface area contributed by atoms with Gasteiger partial charge in [-0.25, -0.2) is 4.79 Å². The molecule has 1 aliphatic rings. The highest BCUT2D eigenvalue weighted by Crippen LogP contribution is 2.00. The summed E-state index contributed by atoms with van der Waals surface area (Å²) in [5.74, 6) is 0. The second-order valence-corrected chi connectivity index (χ2v) is 3.44. The van der Waals surface area contributed by atoms with Gasteiger partial charge in [0.2, 0.25) is 0 Å². The Morgan fingerprint density at radius 2 is 2.46 bits per heavy atom. The zero-order chi connectivity index (χ0) is 9.52. The first kappa shape index (κ1) is 10.3. The van der Waals surface area contributed by atoms with Gasteiger partial charge in [0.25, 0.3) is 0 Å². The highest BCUT2D eigenvalue weighted by atomic mass is 16.2. The predicted molar refractivity (Wildman–Crippen MR) is 52.7 cm³/mol. The molecule has 0 aromatic heterocycles. The molecule has 1 fully saturated rings. The number of piperidine rings is 1. The molecule has 0 spiro atoms. The van der Waals surface area contributed by atoms with Crippen molar-refractivity contribution < 1.29 is 4.79 Å². The van der Waals surface area contributed by atoms with Gasteiger partial charge in [-0.15, -0.1) is 0 Å². The van der Waals surface area contributed by atoms with E-state index in [9.17, 15) is 4.79 Å². The fraction of sp³-hybridized carbons (Fsp3) is 0.889. The van der Waals surface area contributed by atoms with Crippen LogP contribution in [-0.4, -0.2) is 31.7 Å². The van der Waals surface area contributed by atoms with Crippen LogP contribution in [-0.2, 0) is 0 Å². The SMILES string of the molecule is CCCNC(=O)NC1CCCNC1. The molecule has 13 heavy (non-hydrogen) atoms. The predicted octanol–water partition coefficient (Wildman–Crippen LogP) is 0.448. The van der Waals surface area contributed by atoms with Crippen LogP contribution in [0.15, 0.2) is 0 Å². The van der Waals surface area contributed by atoms with E-state index in [0.717, 1.165) is 38.9 Å². The van der Waals surface area contributed by atoms with Gasteiger partial charge < -0.3 is 16.0 Å². The van der Waals surface area contributed by atoms with Crippen LogP contribution in [0.1, 0.15) is 26.2 Å². The Morgan fingerprint density at radius 3 is 3.08 bits per heavy atom. The van der Waals surface area contributed by atoms with Crippen molar-refractivity contribution in [1.29, 1.82) is 0 Å². The minimum Gasteiger partial charge on any atom is -0.338 e. The zero-order valence-corrected chi connectivity index (χ0v) is 8.23. The minimum atomic E-state index is -0.0319. The van der Waals surface area contributed by atoms with E-state index in [1.165, 1.54) is 0 Å². The minimum absolute atomic E-state index is 0.0319. The first-order valence-electron chi connectivity index (χ1n) is 5.08. The van der Waals surface area contributed by atoms with Gasteiger partial charge in [0, 0.05) is 19.1 Å². The zero-order valence-electron chi connectivity index (χ0n) is 8.23. The molecule has 0 aromatic carbocycles. The van der Waals surface area contributed by atoms with E-state index in [1.54, 1.807) is 0 Å². The second kappa shape index (κ2) is 5.80. The Hall–Kier alpha value is -0.770. The molecule has 0 radical (unpaired) electrons. The Morgan fingerprint density at radius 1 is 1.62 bits per heavy atom. The molecule has 0 aromatic rings. The summed E-state index contributed by atoms with van der Waals surface area (Å²) in [6, 6.07) is 0.279. The van der Waals surface area contributed by atoms with Gasteiger partial charge in [0.15, 0.2) is 0 Å². The van der Waals surface area contributed by atoms with Crippen LogP contribution in [0.2, 0.25) is 0 Å². The second-order valence-electron chi connectivity index (χ2n) is 3.44. The van der Waals surface area contributed by atoms with Crippen LogP contribution in [0.5, 0.6) is 0 Å². The fourth-order valence-electron chi connectivity index (χ4n) is 1.45. The lowest BCUT2D eigenvalue weighted by atomic mass is 10.1. The monoisotopic (exact) mass is 185 g/mol. The average molecular weight is 185 g/mol. The summed E-state index contributed by atoms with van der Waals surface area (Å²) < 4.78 is 0. The standard InChI is InChI=1S/C9H19N3O/c1-2-5-11-9(13)12-8-4-3-6-10-7-8/h8,10H,2-7H2,1H3,(H2,11,12,13). The molecule has 0 aliphatic carbocycles. The van der Waals surface area contributed by atoms with Gasteiger partial charge in [-0.2, -0.15) is 0 Å². The summed E-state index contributed by atoms with van der Waals surface area (Å²) in [6.45, 7) is 4.78. The molecule has 76 valence electrons. The van der Waals surface area contributed by atoms with Crippen molar-refractivity contribution in [3.8, 4) is 0 Å². The number of hydrogen-bond donors (Lipinski definition) is 3. The topological polar surface area (TPSA) is 53.2 Å². The number of rotatable bonds is 3. The Bertz CT molecular complexity index is 155. The first-order chi connectivity index (χ1) is 6.33. The Kier molecular flexibility index (Phi) is 4.60. The van der Waals surface area contributed by atoms with E-state index in [1.807, 2.05) is 6.92 Å². The molecule has 4 heteroatoms. The summed E-state index contributed by atoms with van der Waals surface area (Å²) in [7, 11) is 0. The summed E-state index contributed by atoms with van der Waals surface area (Å²) in [5, 5.41) is 9.00. The van der Waals surface area contributed by atoms with Crippen LogP contribution >= 0.6 is 0 Å². The van der Waals surface area contributed by atoms with E-state index in [0.29, 0.717) is 6.04 Å². The molecule has 0 saturated carbocycles. The fourth-order valence-corrected chi connectivity index (χ4v) is 1.45. The van der Waals surface area contributed by atoms with Crippen molar-refractivity contribution in [2.75, 3.05) is 19.6 Å². The van der Waals surface area contributed by atoms with Crippen LogP contribution < -0.4 is 16.0 Å². The van der Waals surface area contributed by atoms with Crippen molar-refractivity contribution in [3.63, 3.8) is 0 Å². The maximum absolute atomic E-state index is 11.2. The average Bonchev–Trinajstić information content (AvgIpc) is 2.16. The number of carbonyl (C=O) groups excluding carboxylic acids is 1. The van der Waals surface area contributed by atoms with Crippen LogP contribution in [0.3, 0.4) is 0 Å². The van der Waals surface area contributed by atoms with Gasteiger partial charge in [-0.3, -0.25) is 0 Å². The third-order valence-corrected chi connectivity index (χ3v) is 2.17. The van der Waals surface area contributed by atoms with Crippen molar-refractivity contribution in [2.45, 2.75) is 32.2 Å². The van der Waals surface area contributed by atoms with Crippen molar-refractivity contribution in [1.82, 2.24) is 16.0 Å². The highest BCUT2D eigenvalue weighted by molar-refractivity contribution is 5.74. The quantitative estimate of drug-likeness (QED) is 0.598. The summed E-state index contributed by atoms with van der Waals surface area (Å²) in [5.41, 5.74) is 0. The molecule has 1 rings (SSSR count). The maximum Gasteiger partial charge on any atom is 0.315 e. The smallest absolute Gasteiger partial charge is 0.315 e. The van der Waals surface area contributed by atoms with Crippen molar-refractivity contribution >= 4 is 6.03 Å². The number of hydrogen-bond acceptors (Lipinski definition) is 2. The number of urea groups is 1. The molecule has 1 saturated heterocycles. The summed E-state index contributed by atoms with van der Waals surface area (Å²) >= 11 is 0. The number of amides is 2. The third-order valence-electron chi connectivity index (χ3n) is 2.17. The number of nitrogens with one attached hydrogen (secondary N) is 3. The largest absolute Gasteiger partial charge is 0.338 e. The van der Waals surface area contributed by atoms with Crippen LogP contribution in [0.25, 0.3) is 0 Å². The molecule has 1 heterocycles. The molecule has 3 N–H and O–H groups in total.